The van der Waals surface area contributed by atoms with Crippen LogP contribution < -0.4 is 11.1 Å². The standard InChI is InChI=1S/C24H23ClN4O4/c25-14-5-7-17(27-11-14)20(12-2-1-3-12)21-16-10-13(22(26)31)4-6-15(16)24(33)29(21)18-8-9-19(30)28-23(18)32/h4-7,10-12,18,20-21H,1-3,8-9H2,(H2,26,31)(H,28,30,32)/t18?,20-,21?/m1/s1. The van der Waals surface area contributed by atoms with Crippen LogP contribution in [0.15, 0.2) is 36.5 Å². The van der Waals surface area contributed by atoms with E-state index in [9.17, 15) is 19.2 Å². The van der Waals surface area contributed by atoms with Crippen molar-refractivity contribution in [3.8, 4) is 0 Å². The van der Waals surface area contributed by atoms with E-state index in [1.165, 1.54) is 6.07 Å². The summed E-state index contributed by atoms with van der Waals surface area (Å²) in [7, 11) is 0. The predicted octanol–water partition coefficient (Wildman–Crippen LogP) is 2.72. The molecule has 1 aromatic heterocycles. The second kappa shape index (κ2) is 8.26. The minimum absolute atomic E-state index is 0.156. The van der Waals surface area contributed by atoms with E-state index in [0.717, 1.165) is 25.0 Å². The van der Waals surface area contributed by atoms with E-state index in [0.29, 0.717) is 21.7 Å². The Morgan fingerprint density at radius 3 is 2.55 bits per heavy atom. The highest BCUT2D eigenvalue weighted by Crippen LogP contribution is 2.52. The number of benzene rings is 1. The SMILES string of the molecule is NC(=O)c1ccc2c(c1)C([C@@H](c1ccc(Cl)cn1)C1CCC1)N(C1CCC(=O)NC1=O)C2=O. The maximum Gasteiger partial charge on any atom is 0.255 e. The fourth-order valence-corrected chi connectivity index (χ4v) is 5.38. The zero-order valence-corrected chi connectivity index (χ0v) is 18.5. The number of halogens is 1. The van der Waals surface area contributed by atoms with Gasteiger partial charge in [0.05, 0.1) is 11.1 Å². The van der Waals surface area contributed by atoms with Gasteiger partial charge in [-0.2, -0.15) is 0 Å². The summed E-state index contributed by atoms with van der Waals surface area (Å²) >= 11 is 6.08. The molecular weight excluding hydrogens is 444 g/mol. The van der Waals surface area contributed by atoms with Crippen LogP contribution in [0.5, 0.6) is 0 Å². The van der Waals surface area contributed by atoms with Gasteiger partial charge in [0.25, 0.3) is 5.91 Å². The first-order valence-electron chi connectivity index (χ1n) is 11.1. The lowest BCUT2D eigenvalue weighted by molar-refractivity contribution is -0.137. The molecule has 1 aliphatic carbocycles. The second-order valence-electron chi connectivity index (χ2n) is 8.91. The van der Waals surface area contributed by atoms with Crippen molar-refractivity contribution in [3.05, 3.63) is 63.9 Å². The van der Waals surface area contributed by atoms with Crippen molar-refractivity contribution in [2.24, 2.45) is 11.7 Å². The van der Waals surface area contributed by atoms with Crippen LogP contribution >= 0.6 is 11.6 Å². The van der Waals surface area contributed by atoms with E-state index in [1.54, 1.807) is 29.3 Å². The number of carbonyl (C=O) groups excluding carboxylic acids is 4. The molecule has 2 unspecified atom stereocenters. The molecule has 0 bridgehead atoms. The molecular formula is C24H23ClN4O4. The van der Waals surface area contributed by atoms with Gasteiger partial charge >= 0.3 is 0 Å². The topological polar surface area (TPSA) is 122 Å². The van der Waals surface area contributed by atoms with Gasteiger partial charge < -0.3 is 10.6 Å². The van der Waals surface area contributed by atoms with Gasteiger partial charge in [0, 0.05) is 35.4 Å². The number of rotatable bonds is 5. The molecule has 3 N–H and O–H groups in total. The Labute approximate surface area is 195 Å². The zero-order valence-electron chi connectivity index (χ0n) is 17.8. The quantitative estimate of drug-likeness (QED) is 0.656. The minimum atomic E-state index is -0.792. The van der Waals surface area contributed by atoms with E-state index in [4.69, 9.17) is 17.3 Å². The number of pyridine rings is 1. The van der Waals surface area contributed by atoms with Crippen LogP contribution in [0.3, 0.4) is 0 Å². The summed E-state index contributed by atoms with van der Waals surface area (Å²) < 4.78 is 0. The van der Waals surface area contributed by atoms with Gasteiger partial charge in [-0.05, 0) is 61.1 Å². The maximum atomic E-state index is 13.6. The molecule has 1 saturated heterocycles. The molecule has 5 rings (SSSR count). The molecule has 9 heteroatoms. The van der Waals surface area contributed by atoms with Crippen LogP contribution in [0.2, 0.25) is 5.02 Å². The third-order valence-corrected chi connectivity index (χ3v) is 7.28. The first-order chi connectivity index (χ1) is 15.8. The normalized spacial score (nSPS) is 23.7. The van der Waals surface area contributed by atoms with Gasteiger partial charge in [0.2, 0.25) is 17.7 Å². The summed E-state index contributed by atoms with van der Waals surface area (Å²) in [5, 5.41) is 2.87. The summed E-state index contributed by atoms with van der Waals surface area (Å²) in [6, 6.07) is 7.10. The molecule has 0 radical (unpaired) electrons. The van der Waals surface area contributed by atoms with Crippen LogP contribution in [0.1, 0.15) is 76.0 Å². The number of nitrogens with zero attached hydrogens (tertiary/aromatic N) is 2. The number of hydrogen-bond donors (Lipinski definition) is 2. The smallest absolute Gasteiger partial charge is 0.255 e. The van der Waals surface area contributed by atoms with Gasteiger partial charge in [-0.25, -0.2) is 0 Å². The van der Waals surface area contributed by atoms with Gasteiger partial charge in [-0.15, -0.1) is 0 Å². The first kappa shape index (κ1) is 21.6. The summed E-state index contributed by atoms with van der Waals surface area (Å²) in [4.78, 5) is 56.4. The molecule has 2 aromatic rings. The molecule has 0 spiro atoms. The summed E-state index contributed by atoms with van der Waals surface area (Å²) in [5.74, 6) is -1.66. The first-order valence-corrected chi connectivity index (χ1v) is 11.4. The van der Waals surface area contributed by atoms with Crippen LogP contribution in [-0.2, 0) is 9.59 Å². The maximum absolute atomic E-state index is 13.6. The van der Waals surface area contributed by atoms with Crippen molar-refractivity contribution < 1.29 is 19.2 Å². The number of nitrogens with one attached hydrogen (secondary N) is 1. The molecule has 170 valence electrons. The number of hydrogen-bond acceptors (Lipinski definition) is 5. The van der Waals surface area contributed by atoms with Crippen LogP contribution in [0.4, 0.5) is 0 Å². The summed E-state index contributed by atoms with van der Waals surface area (Å²) in [6.45, 7) is 0. The number of primary amides is 1. The van der Waals surface area contributed by atoms with Gasteiger partial charge in [-0.1, -0.05) is 18.0 Å². The summed E-state index contributed by atoms with van der Waals surface area (Å²) in [5.41, 5.74) is 7.71. The van der Waals surface area contributed by atoms with E-state index in [1.807, 2.05) is 6.07 Å². The van der Waals surface area contributed by atoms with Gasteiger partial charge in [0.15, 0.2) is 0 Å². The number of amides is 4. The van der Waals surface area contributed by atoms with E-state index >= 15 is 0 Å². The van der Waals surface area contributed by atoms with Crippen molar-refractivity contribution in [1.29, 1.82) is 0 Å². The Balaban J connectivity index is 1.67. The Kier molecular flexibility index (Phi) is 5.40. The Morgan fingerprint density at radius 1 is 1.15 bits per heavy atom. The highest BCUT2D eigenvalue weighted by molar-refractivity contribution is 6.30. The fraction of sp³-hybridized carbons (Fsp3) is 0.375. The molecule has 8 nitrogen and oxygen atoms in total. The van der Waals surface area contributed by atoms with Crippen molar-refractivity contribution in [2.45, 2.75) is 50.1 Å². The average molecular weight is 467 g/mol. The second-order valence-corrected chi connectivity index (χ2v) is 9.34. The lowest BCUT2D eigenvalue weighted by Crippen LogP contribution is -2.54. The largest absolute Gasteiger partial charge is 0.366 e. The number of nitrogens with two attached hydrogens (primary N) is 1. The number of fused-ring (bicyclic) bond motifs is 1. The van der Waals surface area contributed by atoms with E-state index < -0.39 is 23.9 Å². The van der Waals surface area contributed by atoms with Crippen LogP contribution in [0, 0.1) is 5.92 Å². The highest BCUT2D eigenvalue weighted by atomic mass is 35.5. The fourth-order valence-electron chi connectivity index (χ4n) is 5.26. The predicted molar refractivity (Wildman–Crippen MR) is 119 cm³/mol. The van der Waals surface area contributed by atoms with Crippen molar-refractivity contribution in [3.63, 3.8) is 0 Å². The third-order valence-electron chi connectivity index (χ3n) is 7.05. The third kappa shape index (κ3) is 3.68. The Morgan fingerprint density at radius 2 is 1.94 bits per heavy atom. The number of imide groups is 1. The molecule has 4 amide bonds. The molecule has 2 fully saturated rings. The molecule has 2 aliphatic heterocycles. The van der Waals surface area contributed by atoms with Crippen molar-refractivity contribution in [1.82, 2.24) is 15.2 Å². The lowest BCUT2D eigenvalue weighted by atomic mass is 9.69. The lowest BCUT2D eigenvalue weighted by Gasteiger charge is -2.43. The molecule has 33 heavy (non-hydrogen) atoms. The van der Waals surface area contributed by atoms with Crippen LogP contribution in [0.25, 0.3) is 0 Å². The van der Waals surface area contributed by atoms with E-state index in [-0.39, 0.29) is 36.5 Å². The Bertz CT molecular complexity index is 1160. The zero-order chi connectivity index (χ0) is 23.3. The average Bonchev–Trinajstić information content (AvgIpc) is 3.03. The van der Waals surface area contributed by atoms with Gasteiger partial charge in [0.1, 0.15) is 6.04 Å². The monoisotopic (exact) mass is 466 g/mol. The van der Waals surface area contributed by atoms with E-state index in [2.05, 4.69) is 10.3 Å². The number of piperidine rings is 1. The van der Waals surface area contributed by atoms with Crippen molar-refractivity contribution >= 4 is 35.2 Å². The molecule has 3 aliphatic rings. The van der Waals surface area contributed by atoms with Crippen molar-refractivity contribution in [2.75, 3.05) is 0 Å². The highest BCUT2D eigenvalue weighted by Gasteiger charge is 2.50. The molecule has 1 aromatic carbocycles. The molecule has 3 atom stereocenters. The number of carbonyl (C=O) groups is 4. The minimum Gasteiger partial charge on any atom is -0.366 e. The Hall–Kier alpha value is -3.26. The molecule has 3 heterocycles. The molecule has 1 saturated carbocycles. The van der Waals surface area contributed by atoms with Gasteiger partial charge in [-0.3, -0.25) is 29.5 Å². The number of aromatic nitrogens is 1. The van der Waals surface area contributed by atoms with Crippen LogP contribution in [-0.4, -0.2) is 39.6 Å². The summed E-state index contributed by atoms with van der Waals surface area (Å²) in [6.07, 6.45) is 4.98.